The Hall–Kier alpha value is -0.173. The van der Waals surface area contributed by atoms with E-state index in [0.29, 0.717) is 16.1 Å². The van der Waals surface area contributed by atoms with Gasteiger partial charge in [0.15, 0.2) is 0 Å². The zero-order valence-corrected chi connectivity index (χ0v) is 19.0. The van der Waals surface area contributed by atoms with Crippen LogP contribution in [-0.2, 0) is 4.43 Å². The molecule has 26 heavy (non-hydrogen) atoms. The minimum atomic E-state index is -2.12. The molecule has 1 aromatic rings. The first kappa shape index (κ1) is 22.1. The Bertz CT molecular complexity index is 523. The maximum atomic E-state index is 6.81. The molecule has 2 rings (SSSR count). The second-order valence-corrected chi connectivity index (χ2v) is 13.8. The van der Waals surface area contributed by atoms with Crippen LogP contribution in [0.5, 0.6) is 0 Å². The van der Waals surface area contributed by atoms with Gasteiger partial charge < -0.3 is 0 Å². The van der Waals surface area contributed by atoms with E-state index in [1.165, 1.54) is 19.3 Å². The number of halogens is 2. The van der Waals surface area contributed by atoms with Gasteiger partial charge in [-0.05, 0) is 0 Å². The molecule has 0 bridgehead atoms. The van der Waals surface area contributed by atoms with Crippen LogP contribution in [0.15, 0.2) is 12.4 Å². The number of rotatable bonds is 10. The van der Waals surface area contributed by atoms with Gasteiger partial charge in [0.25, 0.3) is 0 Å². The molecule has 0 spiro atoms. The minimum absolute atomic E-state index is 0.119. The molecule has 2 heterocycles. The monoisotopic (exact) mass is 418 g/mol. The predicted octanol–water partition coefficient (Wildman–Crippen LogP) is 4.92. The van der Waals surface area contributed by atoms with Gasteiger partial charge in [-0.3, -0.25) is 0 Å². The third kappa shape index (κ3) is 5.91. The first-order valence-electron chi connectivity index (χ1n) is 10.2. The molecule has 2 atom stereocenters. The van der Waals surface area contributed by atoms with Crippen LogP contribution in [0.25, 0.3) is 0 Å². The van der Waals surface area contributed by atoms with Gasteiger partial charge in [-0.2, -0.15) is 0 Å². The Balaban J connectivity index is 2.12. The van der Waals surface area contributed by atoms with Crippen LogP contribution in [0.4, 0.5) is 0 Å². The van der Waals surface area contributed by atoms with Crippen LogP contribution in [0.3, 0.4) is 0 Å². The molecular formula is C19H34Cl2N3OSi-. The van der Waals surface area contributed by atoms with Gasteiger partial charge in [-0.1, -0.05) is 0 Å². The van der Waals surface area contributed by atoms with Crippen molar-refractivity contribution in [2.75, 3.05) is 19.6 Å². The van der Waals surface area contributed by atoms with Gasteiger partial charge in [0.05, 0.1) is 0 Å². The summed E-state index contributed by atoms with van der Waals surface area (Å²) in [6.45, 7) is 9.55. The van der Waals surface area contributed by atoms with Gasteiger partial charge in [0.1, 0.15) is 0 Å². The first-order chi connectivity index (χ1) is 12.5. The summed E-state index contributed by atoms with van der Waals surface area (Å²) < 4.78 is 6.81. The maximum absolute atomic E-state index is 6.81. The van der Waals surface area contributed by atoms with Crippen molar-refractivity contribution >= 4 is 31.5 Å². The molecule has 0 radical (unpaired) electrons. The molecule has 2 unspecified atom stereocenters. The second kappa shape index (κ2) is 11.0. The number of hydrogen-bond acceptors (Lipinski definition) is 4. The molecule has 1 aromatic heterocycles. The molecule has 2 N–H and O–H groups in total. The van der Waals surface area contributed by atoms with E-state index in [1.54, 1.807) is 12.4 Å². The number of piperidine rings is 1. The number of pyridine rings is 1. The van der Waals surface area contributed by atoms with Crippen LogP contribution in [0.2, 0.25) is 28.2 Å². The Kier molecular flexibility index (Phi) is 9.34. The Morgan fingerprint density at radius 2 is 1.85 bits per heavy atom. The van der Waals surface area contributed by atoms with Gasteiger partial charge >= 0.3 is 170 Å². The average Bonchev–Trinajstić information content (AvgIpc) is 2.66. The van der Waals surface area contributed by atoms with Crippen molar-refractivity contribution in [3.63, 3.8) is 0 Å². The topological polar surface area (TPSA) is 46.2 Å². The first-order valence-corrected chi connectivity index (χ1v) is 13.8. The zero-order valence-electron chi connectivity index (χ0n) is 16.4. The number of nitrogens with one attached hydrogen (secondary N) is 2. The van der Waals surface area contributed by atoms with Crippen LogP contribution in [-0.4, -0.2) is 39.0 Å². The van der Waals surface area contributed by atoms with E-state index in [-0.39, 0.29) is 6.10 Å². The molecule has 0 aliphatic carbocycles. The van der Waals surface area contributed by atoms with Crippen LogP contribution >= 0.6 is 23.2 Å². The molecule has 150 valence electrons. The second-order valence-electron chi connectivity index (χ2n) is 7.54. The van der Waals surface area contributed by atoms with E-state index in [4.69, 9.17) is 27.6 Å². The van der Waals surface area contributed by atoms with Gasteiger partial charge in [-0.15, -0.1) is 0 Å². The number of aromatic nitrogens is 1. The van der Waals surface area contributed by atoms with Crippen molar-refractivity contribution in [3.8, 4) is 0 Å². The zero-order chi connectivity index (χ0) is 19.0. The van der Waals surface area contributed by atoms with Crippen molar-refractivity contribution in [1.82, 2.24) is 15.6 Å². The molecular weight excluding hydrogens is 385 g/mol. The summed E-state index contributed by atoms with van der Waals surface area (Å²) in [5, 5.41) is 8.37. The van der Waals surface area contributed by atoms with E-state index in [2.05, 4.69) is 36.4 Å². The fourth-order valence-electron chi connectivity index (χ4n) is 3.94. The fourth-order valence-corrected chi connectivity index (χ4v) is 7.78. The fraction of sp³-hybridized carbons (Fsp3) is 0.737. The summed E-state index contributed by atoms with van der Waals surface area (Å²) in [6, 6.07) is 3.92. The molecule has 0 amide bonds. The normalized spacial score (nSPS) is 20.1. The van der Waals surface area contributed by atoms with Crippen molar-refractivity contribution in [2.24, 2.45) is 0 Å². The van der Waals surface area contributed by atoms with Crippen molar-refractivity contribution in [3.05, 3.63) is 28.0 Å². The number of nitrogens with zero attached hydrogens (tertiary/aromatic N) is 1. The van der Waals surface area contributed by atoms with Crippen LogP contribution in [0, 0.1) is 0 Å². The predicted molar refractivity (Wildman–Crippen MR) is 115 cm³/mol. The molecule has 4 nitrogen and oxygen atoms in total. The van der Waals surface area contributed by atoms with E-state index in [0.717, 1.165) is 43.3 Å². The SMILES string of the molecule is CC[SiH-](CC)(CC)OC(CNCC1CCCCN1)c1c(Cl)cncc1Cl. The Morgan fingerprint density at radius 3 is 2.38 bits per heavy atom. The van der Waals surface area contributed by atoms with Crippen LogP contribution < -0.4 is 10.6 Å². The standard InChI is InChI=1S/C19H34Cl2N3OSi/c1-4-26(5-2,6-3)25-18(19-16(20)12-23-13-17(19)21)14-22-11-15-9-7-8-10-24-15/h12-13,15,18,22,24,26H,4-11,14H2,1-3H3/q-1. The quantitative estimate of drug-likeness (QED) is 0.529. The summed E-state index contributed by atoms with van der Waals surface area (Å²) in [6.07, 6.45) is 7.03. The van der Waals surface area contributed by atoms with E-state index in [1.807, 2.05) is 0 Å². The molecule has 1 aliphatic rings. The van der Waals surface area contributed by atoms with Gasteiger partial charge in [-0.25, -0.2) is 0 Å². The summed E-state index contributed by atoms with van der Waals surface area (Å²) in [7, 11) is -2.12. The third-order valence-electron chi connectivity index (χ3n) is 6.03. The van der Waals surface area contributed by atoms with Crippen LogP contribution in [0.1, 0.15) is 51.7 Å². The van der Waals surface area contributed by atoms with E-state index < -0.39 is 8.32 Å². The third-order valence-corrected chi connectivity index (χ3v) is 12.0. The molecule has 0 saturated carbocycles. The molecule has 7 heteroatoms. The van der Waals surface area contributed by atoms with Crippen molar-refractivity contribution in [2.45, 2.75) is 70.3 Å². The molecule has 0 aromatic carbocycles. The van der Waals surface area contributed by atoms with Gasteiger partial charge in [0.2, 0.25) is 0 Å². The van der Waals surface area contributed by atoms with E-state index in [9.17, 15) is 0 Å². The summed E-state index contributed by atoms with van der Waals surface area (Å²) in [4.78, 5) is 4.10. The number of hydrogen-bond donors (Lipinski definition) is 2. The Morgan fingerprint density at radius 1 is 1.19 bits per heavy atom. The molecule has 1 saturated heterocycles. The van der Waals surface area contributed by atoms with Crippen molar-refractivity contribution in [1.29, 1.82) is 0 Å². The van der Waals surface area contributed by atoms with E-state index >= 15 is 0 Å². The molecule has 1 fully saturated rings. The van der Waals surface area contributed by atoms with Gasteiger partial charge in [0, 0.05) is 0 Å². The molecule has 1 aliphatic heterocycles. The Labute approximate surface area is 169 Å². The average molecular weight is 419 g/mol. The summed E-state index contributed by atoms with van der Waals surface area (Å²) in [5.41, 5.74) is 0.882. The summed E-state index contributed by atoms with van der Waals surface area (Å²) in [5.74, 6) is 0. The summed E-state index contributed by atoms with van der Waals surface area (Å²) >= 11 is 12.9. The van der Waals surface area contributed by atoms with Crippen molar-refractivity contribution < 1.29 is 4.43 Å².